The van der Waals surface area contributed by atoms with Crippen molar-refractivity contribution in [3.05, 3.63) is 41.1 Å². The minimum Gasteiger partial charge on any atom is -0.466 e. The van der Waals surface area contributed by atoms with E-state index in [1.807, 2.05) is 24.3 Å². The van der Waals surface area contributed by atoms with Crippen LogP contribution in [-0.2, 0) is 30.3 Å². The van der Waals surface area contributed by atoms with Crippen molar-refractivity contribution in [2.75, 3.05) is 45.5 Å². The van der Waals surface area contributed by atoms with E-state index in [1.165, 1.54) is 14.2 Å². The second-order valence-electron chi connectivity index (χ2n) is 5.85. The van der Waals surface area contributed by atoms with E-state index in [4.69, 9.17) is 14.2 Å². The average Bonchev–Trinajstić information content (AvgIpc) is 2.70. The van der Waals surface area contributed by atoms with Crippen molar-refractivity contribution in [2.24, 2.45) is 0 Å². The topological polar surface area (TPSA) is 68.3 Å². The van der Waals surface area contributed by atoms with Crippen molar-refractivity contribution >= 4 is 17.6 Å². The van der Waals surface area contributed by atoms with E-state index in [-0.39, 0.29) is 24.6 Å². The fraction of sp³-hybridized carbons (Fsp3) is 0.474. The van der Waals surface area contributed by atoms with Gasteiger partial charge in [0.1, 0.15) is 12.4 Å². The first-order valence-electron chi connectivity index (χ1n) is 8.62. The number of nitrogens with zero attached hydrogens (tertiary/aromatic N) is 2. The van der Waals surface area contributed by atoms with Crippen molar-refractivity contribution in [1.82, 2.24) is 4.90 Å². The predicted octanol–water partition coefficient (Wildman–Crippen LogP) is 1.92. The van der Waals surface area contributed by atoms with Gasteiger partial charge in [-0.25, -0.2) is 9.59 Å². The summed E-state index contributed by atoms with van der Waals surface area (Å²) >= 11 is 0. The van der Waals surface area contributed by atoms with E-state index in [0.717, 1.165) is 30.9 Å². The van der Waals surface area contributed by atoms with Crippen LogP contribution in [0.2, 0.25) is 0 Å². The Kier molecular flexibility index (Phi) is 7.17. The molecule has 1 aromatic carbocycles. The first-order valence-corrected chi connectivity index (χ1v) is 8.62. The molecule has 0 saturated heterocycles. The number of anilines is 1. The van der Waals surface area contributed by atoms with E-state index in [9.17, 15) is 9.59 Å². The maximum absolute atomic E-state index is 12.3. The molecule has 0 aliphatic carbocycles. The van der Waals surface area contributed by atoms with Crippen LogP contribution in [0.5, 0.6) is 0 Å². The molecule has 0 aromatic heterocycles. The highest BCUT2D eigenvalue weighted by Gasteiger charge is 2.32. The first kappa shape index (κ1) is 19.9. The van der Waals surface area contributed by atoms with Crippen molar-refractivity contribution < 1.29 is 23.8 Å². The van der Waals surface area contributed by atoms with Crippen molar-refractivity contribution in [3.8, 4) is 0 Å². The summed E-state index contributed by atoms with van der Waals surface area (Å²) < 4.78 is 15.2. The Balaban J connectivity index is 2.41. The summed E-state index contributed by atoms with van der Waals surface area (Å²) in [7, 11) is 2.56. The molecule has 0 unspecified atom stereocenters. The fourth-order valence-electron chi connectivity index (χ4n) is 2.88. The normalized spacial score (nSPS) is 14.6. The lowest BCUT2D eigenvalue weighted by Crippen LogP contribution is -2.38. The molecule has 0 spiro atoms. The molecule has 7 nitrogen and oxygen atoms in total. The molecule has 0 atom stereocenters. The molecule has 0 N–H and O–H groups in total. The molecule has 1 aliphatic heterocycles. The van der Waals surface area contributed by atoms with Crippen LogP contribution in [0.15, 0.2) is 35.5 Å². The Morgan fingerprint density at radius 3 is 2.46 bits per heavy atom. The number of hydrogen-bond acceptors (Lipinski definition) is 7. The third kappa shape index (κ3) is 4.42. The lowest BCUT2D eigenvalue weighted by Gasteiger charge is -2.31. The predicted molar refractivity (Wildman–Crippen MR) is 97.4 cm³/mol. The van der Waals surface area contributed by atoms with Gasteiger partial charge < -0.3 is 19.1 Å². The van der Waals surface area contributed by atoms with Gasteiger partial charge >= 0.3 is 11.9 Å². The third-order valence-corrected chi connectivity index (χ3v) is 4.36. The number of ether oxygens (including phenoxy) is 3. The zero-order valence-electron chi connectivity index (χ0n) is 15.8. The lowest BCUT2D eigenvalue weighted by molar-refractivity contribution is -0.140. The second-order valence-corrected chi connectivity index (χ2v) is 5.85. The minimum atomic E-state index is -0.602. The van der Waals surface area contributed by atoms with E-state index < -0.39 is 11.9 Å². The number of esters is 2. The van der Waals surface area contributed by atoms with Crippen LogP contribution in [0.3, 0.4) is 0 Å². The summed E-state index contributed by atoms with van der Waals surface area (Å²) in [6.45, 7) is 7.10. The maximum atomic E-state index is 12.3. The summed E-state index contributed by atoms with van der Waals surface area (Å²) in [5.41, 5.74) is 2.18. The number of carbonyl (C=O) groups is 2. The highest BCUT2D eigenvalue weighted by molar-refractivity contribution is 6.03. The van der Waals surface area contributed by atoms with Gasteiger partial charge in [0, 0.05) is 12.2 Å². The molecule has 1 heterocycles. The molecule has 7 heteroatoms. The van der Waals surface area contributed by atoms with Gasteiger partial charge in [-0.2, -0.15) is 0 Å². The van der Waals surface area contributed by atoms with Crippen molar-refractivity contribution in [1.29, 1.82) is 0 Å². The number of rotatable bonds is 7. The monoisotopic (exact) mass is 362 g/mol. The van der Waals surface area contributed by atoms with E-state index in [2.05, 4.69) is 18.7 Å². The quantitative estimate of drug-likeness (QED) is 0.687. The standard InChI is InChI=1S/C19H26N2O5/c1-5-20(6-2)11-14-8-7-9-15(10-14)21-13-26-12-16(18(22)24-3)17(21)19(23)25-4/h7-10H,5-6,11-13H2,1-4H3. The van der Waals surface area contributed by atoms with E-state index in [1.54, 1.807) is 4.90 Å². The fourth-order valence-corrected chi connectivity index (χ4v) is 2.88. The van der Waals surface area contributed by atoms with Crippen LogP contribution in [0, 0.1) is 0 Å². The zero-order valence-corrected chi connectivity index (χ0v) is 15.8. The second kappa shape index (κ2) is 9.35. The molecule has 26 heavy (non-hydrogen) atoms. The van der Waals surface area contributed by atoms with Crippen molar-refractivity contribution in [3.63, 3.8) is 0 Å². The van der Waals surface area contributed by atoms with Crippen LogP contribution in [0.25, 0.3) is 0 Å². The van der Waals surface area contributed by atoms with Gasteiger partial charge in [0.05, 0.1) is 26.4 Å². The third-order valence-electron chi connectivity index (χ3n) is 4.36. The first-order chi connectivity index (χ1) is 12.5. The Labute approximate surface area is 154 Å². The smallest absolute Gasteiger partial charge is 0.355 e. The molecule has 0 amide bonds. The Bertz CT molecular complexity index is 682. The van der Waals surface area contributed by atoms with Crippen LogP contribution < -0.4 is 4.90 Å². The molecule has 1 aliphatic rings. The summed E-state index contributed by atoms with van der Waals surface area (Å²) in [4.78, 5) is 28.3. The lowest BCUT2D eigenvalue weighted by atomic mass is 10.1. The van der Waals surface area contributed by atoms with E-state index >= 15 is 0 Å². The molecule has 0 radical (unpaired) electrons. The molecule has 0 saturated carbocycles. The molecule has 0 fully saturated rings. The average molecular weight is 362 g/mol. The van der Waals surface area contributed by atoms with Crippen LogP contribution in [0.1, 0.15) is 19.4 Å². The molecule has 0 bridgehead atoms. The summed E-state index contributed by atoms with van der Waals surface area (Å²) in [5, 5.41) is 0. The Hall–Kier alpha value is -2.38. The van der Waals surface area contributed by atoms with Gasteiger partial charge in [-0.1, -0.05) is 26.0 Å². The van der Waals surface area contributed by atoms with Gasteiger partial charge in [0.2, 0.25) is 0 Å². The number of methoxy groups -OCH3 is 2. The largest absolute Gasteiger partial charge is 0.466 e. The van der Waals surface area contributed by atoms with E-state index in [0.29, 0.717) is 0 Å². The van der Waals surface area contributed by atoms with Crippen LogP contribution in [-0.4, -0.2) is 57.5 Å². The summed E-state index contributed by atoms with van der Waals surface area (Å²) in [6, 6.07) is 7.83. The van der Waals surface area contributed by atoms with Crippen LogP contribution in [0.4, 0.5) is 5.69 Å². The molecular weight excluding hydrogens is 336 g/mol. The Morgan fingerprint density at radius 1 is 1.15 bits per heavy atom. The zero-order chi connectivity index (χ0) is 19.1. The number of benzene rings is 1. The SMILES string of the molecule is CCN(CC)Cc1cccc(N2COCC(C(=O)OC)=C2C(=O)OC)c1. The summed E-state index contributed by atoms with van der Waals surface area (Å²) in [5.74, 6) is -1.20. The molecular formula is C19H26N2O5. The van der Waals surface area contributed by atoms with Gasteiger partial charge in [-0.3, -0.25) is 4.90 Å². The highest BCUT2D eigenvalue weighted by atomic mass is 16.5. The Morgan fingerprint density at radius 2 is 1.85 bits per heavy atom. The molecule has 1 aromatic rings. The van der Waals surface area contributed by atoms with Crippen molar-refractivity contribution in [2.45, 2.75) is 20.4 Å². The van der Waals surface area contributed by atoms with Gasteiger partial charge in [0.15, 0.2) is 0 Å². The van der Waals surface area contributed by atoms with Gasteiger partial charge in [0.25, 0.3) is 0 Å². The minimum absolute atomic E-state index is 0.00669. The molecule has 142 valence electrons. The van der Waals surface area contributed by atoms with Crippen LogP contribution >= 0.6 is 0 Å². The van der Waals surface area contributed by atoms with Gasteiger partial charge in [-0.05, 0) is 30.8 Å². The summed E-state index contributed by atoms with van der Waals surface area (Å²) in [6.07, 6.45) is 0. The van der Waals surface area contributed by atoms with Gasteiger partial charge in [-0.15, -0.1) is 0 Å². The number of hydrogen-bond donors (Lipinski definition) is 0. The molecule has 2 rings (SSSR count). The highest BCUT2D eigenvalue weighted by Crippen LogP contribution is 2.27. The number of carbonyl (C=O) groups excluding carboxylic acids is 2. The maximum Gasteiger partial charge on any atom is 0.355 e.